The summed E-state index contributed by atoms with van der Waals surface area (Å²) in [4.78, 5) is 0.281. The third-order valence-electron chi connectivity index (χ3n) is 5.26. The third-order valence-corrected chi connectivity index (χ3v) is 7.33. The Bertz CT molecular complexity index is 1120. The lowest BCUT2D eigenvalue weighted by molar-refractivity contribution is 0.466. The van der Waals surface area contributed by atoms with Crippen molar-refractivity contribution in [2.24, 2.45) is 0 Å². The van der Waals surface area contributed by atoms with Crippen LogP contribution in [0.4, 0.5) is 11.4 Å². The van der Waals surface area contributed by atoms with E-state index in [0.29, 0.717) is 11.4 Å². The molecule has 0 aliphatic carbocycles. The van der Waals surface area contributed by atoms with Gasteiger partial charge in [0, 0.05) is 25.0 Å². The summed E-state index contributed by atoms with van der Waals surface area (Å²) in [7, 11) is -2.00. The van der Waals surface area contributed by atoms with Crippen LogP contribution in [0.2, 0.25) is 5.02 Å². The lowest BCUT2D eigenvalue weighted by Crippen LogP contribution is -2.40. The number of anilines is 2. The number of benzene rings is 3. The van der Waals surface area contributed by atoms with Gasteiger partial charge in [-0.3, -0.25) is 0 Å². The van der Waals surface area contributed by atoms with E-state index in [9.17, 15) is 8.42 Å². The van der Waals surface area contributed by atoms with Crippen molar-refractivity contribution in [3.8, 4) is 0 Å². The molecule has 0 saturated carbocycles. The maximum Gasteiger partial charge on any atom is 0.243 e. The van der Waals surface area contributed by atoms with E-state index in [1.165, 1.54) is 4.31 Å². The second kappa shape index (κ2) is 7.95. The minimum absolute atomic E-state index is 0.281. The van der Waals surface area contributed by atoms with Crippen molar-refractivity contribution in [3.05, 3.63) is 88.9 Å². The smallest absolute Gasteiger partial charge is 0.243 e. The van der Waals surface area contributed by atoms with Crippen LogP contribution in [-0.2, 0) is 23.0 Å². The predicted octanol–water partition coefficient (Wildman–Crippen LogP) is 4.96. The van der Waals surface area contributed by atoms with Crippen molar-refractivity contribution in [3.63, 3.8) is 0 Å². The molecule has 5 nitrogen and oxygen atoms in total. The highest BCUT2D eigenvalue weighted by molar-refractivity contribution is 7.89. The Hall–Kier alpha value is -2.54. The van der Waals surface area contributed by atoms with Crippen LogP contribution in [0.1, 0.15) is 18.1 Å². The normalized spacial score (nSPS) is 14.8. The molecule has 0 bridgehead atoms. The van der Waals surface area contributed by atoms with Gasteiger partial charge >= 0.3 is 0 Å². The summed E-state index contributed by atoms with van der Waals surface area (Å²) >= 11 is 5.90. The number of fused-ring (bicyclic) bond motifs is 1. The molecule has 1 heterocycles. The fourth-order valence-electron chi connectivity index (χ4n) is 3.71. The zero-order valence-electron chi connectivity index (χ0n) is 16.9. The van der Waals surface area contributed by atoms with Gasteiger partial charge in [0.05, 0.1) is 16.3 Å². The summed E-state index contributed by atoms with van der Waals surface area (Å²) < 4.78 is 27.2. The van der Waals surface area contributed by atoms with Crippen LogP contribution in [0.5, 0.6) is 0 Å². The number of para-hydroxylation sites is 2. The zero-order valence-corrected chi connectivity index (χ0v) is 18.5. The van der Waals surface area contributed by atoms with E-state index in [4.69, 9.17) is 11.6 Å². The molecule has 30 heavy (non-hydrogen) atoms. The van der Waals surface area contributed by atoms with Crippen molar-refractivity contribution in [2.45, 2.75) is 30.4 Å². The molecule has 0 saturated heterocycles. The van der Waals surface area contributed by atoms with Crippen LogP contribution in [-0.4, -0.2) is 25.4 Å². The first-order chi connectivity index (χ1) is 14.2. The minimum Gasteiger partial charge on any atom is -0.361 e. The standard InChI is InChI=1S/C23H24ClN3O2S/c1-23(25-21-5-3-4-6-22(21)26-23)15-17-9-13-20(14-10-17)30(28,29)27(2)16-18-7-11-19(24)12-8-18/h3-14,25-26H,15-16H2,1-2H3. The molecule has 0 fully saturated rings. The number of hydrogen-bond acceptors (Lipinski definition) is 4. The van der Waals surface area contributed by atoms with Crippen LogP contribution >= 0.6 is 11.6 Å². The fraction of sp³-hybridized carbons (Fsp3) is 0.217. The quantitative estimate of drug-likeness (QED) is 0.567. The number of nitrogens with one attached hydrogen (secondary N) is 2. The van der Waals surface area contributed by atoms with Crippen LogP contribution in [0.25, 0.3) is 0 Å². The molecule has 7 heteroatoms. The Balaban J connectivity index is 1.45. The Kier molecular flexibility index (Phi) is 5.49. The van der Waals surface area contributed by atoms with Crippen LogP contribution < -0.4 is 10.6 Å². The minimum atomic E-state index is -3.58. The van der Waals surface area contributed by atoms with Gasteiger partial charge in [0.2, 0.25) is 10.0 Å². The first-order valence-corrected chi connectivity index (χ1v) is 11.5. The van der Waals surface area contributed by atoms with E-state index in [1.807, 2.05) is 48.5 Å². The number of sulfonamides is 1. The Morgan fingerprint density at radius 3 is 1.97 bits per heavy atom. The van der Waals surface area contributed by atoms with E-state index >= 15 is 0 Å². The Morgan fingerprint density at radius 2 is 1.40 bits per heavy atom. The third kappa shape index (κ3) is 4.31. The van der Waals surface area contributed by atoms with Gasteiger partial charge in [-0.1, -0.05) is 48.0 Å². The molecule has 0 spiro atoms. The first-order valence-electron chi connectivity index (χ1n) is 9.70. The highest BCUT2D eigenvalue weighted by Gasteiger charge is 2.31. The predicted molar refractivity (Wildman–Crippen MR) is 122 cm³/mol. The molecule has 0 amide bonds. The van der Waals surface area contributed by atoms with Gasteiger partial charge in [-0.2, -0.15) is 4.31 Å². The SMILES string of the molecule is CN(Cc1ccc(Cl)cc1)S(=O)(=O)c1ccc(CC2(C)Nc3ccccc3N2)cc1. The number of hydrogen-bond donors (Lipinski definition) is 2. The molecular weight excluding hydrogens is 418 g/mol. The van der Waals surface area contributed by atoms with Gasteiger partial charge in [-0.25, -0.2) is 8.42 Å². The van der Waals surface area contributed by atoms with E-state index < -0.39 is 10.0 Å². The van der Waals surface area contributed by atoms with Gasteiger partial charge in [0.1, 0.15) is 5.66 Å². The van der Waals surface area contributed by atoms with Gasteiger partial charge < -0.3 is 10.6 Å². The summed E-state index contributed by atoms with van der Waals surface area (Å²) in [6.45, 7) is 2.38. The second-order valence-electron chi connectivity index (χ2n) is 7.84. The van der Waals surface area contributed by atoms with Crippen molar-refractivity contribution >= 4 is 33.0 Å². The second-order valence-corrected chi connectivity index (χ2v) is 10.3. The van der Waals surface area contributed by atoms with Crippen molar-refractivity contribution in [1.82, 2.24) is 4.31 Å². The maximum absolute atomic E-state index is 12.9. The molecule has 1 aliphatic rings. The monoisotopic (exact) mass is 441 g/mol. The first kappa shape index (κ1) is 20.7. The Morgan fingerprint density at radius 1 is 0.867 bits per heavy atom. The summed E-state index contributed by atoms with van der Waals surface area (Å²) in [5, 5.41) is 7.64. The van der Waals surface area contributed by atoms with E-state index in [2.05, 4.69) is 17.6 Å². The zero-order chi connectivity index (χ0) is 21.4. The number of nitrogens with zero attached hydrogens (tertiary/aromatic N) is 1. The molecular formula is C23H24ClN3O2S. The van der Waals surface area contributed by atoms with E-state index in [0.717, 1.165) is 22.5 Å². The van der Waals surface area contributed by atoms with Crippen molar-refractivity contribution < 1.29 is 8.42 Å². The summed E-state index contributed by atoms with van der Waals surface area (Å²) in [5.74, 6) is 0. The number of rotatable bonds is 6. The molecule has 3 aromatic carbocycles. The average Bonchev–Trinajstić information content (AvgIpc) is 3.05. The molecule has 2 N–H and O–H groups in total. The van der Waals surface area contributed by atoms with Gasteiger partial charge in [-0.15, -0.1) is 0 Å². The van der Waals surface area contributed by atoms with E-state index in [-0.39, 0.29) is 17.1 Å². The lowest BCUT2D eigenvalue weighted by atomic mass is 10.0. The molecule has 3 aromatic rings. The highest BCUT2D eigenvalue weighted by atomic mass is 35.5. The van der Waals surface area contributed by atoms with Crippen LogP contribution in [0, 0.1) is 0 Å². The van der Waals surface area contributed by atoms with Crippen LogP contribution in [0.3, 0.4) is 0 Å². The van der Waals surface area contributed by atoms with Crippen molar-refractivity contribution in [1.29, 1.82) is 0 Å². The summed E-state index contributed by atoms with van der Waals surface area (Å²) in [6, 6.07) is 22.4. The molecule has 0 unspecified atom stereocenters. The molecule has 1 aliphatic heterocycles. The maximum atomic E-state index is 12.9. The average molecular weight is 442 g/mol. The molecule has 0 aromatic heterocycles. The Labute approximate surface area is 182 Å². The summed E-state index contributed by atoms with van der Waals surface area (Å²) in [6.07, 6.45) is 0.711. The van der Waals surface area contributed by atoms with Crippen molar-refractivity contribution in [2.75, 3.05) is 17.7 Å². The van der Waals surface area contributed by atoms with Crippen LogP contribution in [0.15, 0.2) is 77.7 Å². The van der Waals surface area contributed by atoms with Gasteiger partial charge in [-0.05, 0) is 54.4 Å². The van der Waals surface area contributed by atoms with Gasteiger partial charge in [0.25, 0.3) is 0 Å². The van der Waals surface area contributed by atoms with Gasteiger partial charge in [0.15, 0.2) is 0 Å². The fourth-order valence-corrected chi connectivity index (χ4v) is 5.00. The topological polar surface area (TPSA) is 61.4 Å². The molecule has 4 rings (SSSR count). The lowest BCUT2D eigenvalue weighted by Gasteiger charge is -2.26. The highest BCUT2D eigenvalue weighted by Crippen LogP contribution is 2.35. The molecule has 0 radical (unpaired) electrons. The van der Waals surface area contributed by atoms with E-state index in [1.54, 1.807) is 31.3 Å². The molecule has 156 valence electrons. The largest absolute Gasteiger partial charge is 0.361 e. The summed E-state index contributed by atoms with van der Waals surface area (Å²) in [5.41, 5.74) is 3.75. The molecule has 0 atom stereocenters. The number of halogens is 1.